The maximum absolute atomic E-state index is 3.64. The van der Waals surface area contributed by atoms with Crippen LogP contribution in [0.2, 0.25) is 0 Å². The Labute approximate surface area is 113 Å². The van der Waals surface area contributed by atoms with Crippen molar-refractivity contribution < 1.29 is 0 Å². The summed E-state index contributed by atoms with van der Waals surface area (Å²) in [6, 6.07) is 6.40. The van der Waals surface area contributed by atoms with Crippen LogP contribution >= 0.6 is 15.9 Å². The Morgan fingerprint density at radius 2 is 2.00 bits per heavy atom. The van der Waals surface area contributed by atoms with Gasteiger partial charge in [-0.3, -0.25) is 0 Å². The summed E-state index contributed by atoms with van der Waals surface area (Å²) in [6.07, 6.45) is 8.54. The predicted molar refractivity (Wildman–Crippen MR) is 78.6 cm³/mol. The van der Waals surface area contributed by atoms with Crippen molar-refractivity contribution in [3.05, 3.63) is 28.2 Å². The summed E-state index contributed by atoms with van der Waals surface area (Å²) in [6.45, 7) is 3.24. The summed E-state index contributed by atoms with van der Waals surface area (Å²) < 4.78 is 1.21. The number of halogens is 1. The SMILES string of the molecule is Cc1cccc(NCCC2CCCCC2)c1Br. The third-order valence-electron chi connectivity index (χ3n) is 3.78. The first kappa shape index (κ1) is 12.9. The highest BCUT2D eigenvalue weighted by Gasteiger charge is 2.12. The molecule has 0 radical (unpaired) electrons. The molecular weight excluding hydrogens is 274 g/mol. The molecule has 0 bridgehead atoms. The van der Waals surface area contributed by atoms with Gasteiger partial charge < -0.3 is 5.32 Å². The van der Waals surface area contributed by atoms with Crippen LogP contribution in [0.25, 0.3) is 0 Å². The lowest BCUT2D eigenvalue weighted by atomic mass is 9.87. The highest BCUT2D eigenvalue weighted by Crippen LogP contribution is 2.28. The molecule has 0 heterocycles. The number of benzene rings is 1. The Morgan fingerprint density at radius 1 is 1.24 bits per heavy atom. The zero-order valence-electron chi connectivity index (χ0n) is 10.6. The molecule has 1 nitrogen and oxygen atoms in total. The standard InChI is InChI=1S/C15H22BrN/c1-12-6-5-9-14(15(12)16)17-11-10-13-7-3-2-4-8-13/h5-6,9,13,17H,2-4,7-8,10-11H2,1H3. The average Bonchev–Trinajstić information content (AvgIpc) is 2.36. The molecular formula is C15H22BrN. The summed E-state index contributed by atoms with van der Waals surface area (Å²) in [7, 11) is 0. The molecule has 0 amide bonds. The van der Waals surface area contributed by atoms with Crippen molar-refractivity contribution in [2.75, 3.05) is 11.9 Å². The van der Waals surface area contributed by atoms with Gasteiger partial charge in [0.2, 0.25) is 0 Å². The van der Waals surface area contributed by atoms with Gasteiger partial charge in [0.05, 0.1) is 0 Å². The molecule has 1 fully saturated rings. The van der Waals surface area contributed by atoms with Crippen LogP contribution in [0.15, 0.2) is 22.7 Å². The minimum absolute atomic E-state index is 0.958. The molecule has 1 aliphatic rings. The number of nitrogens with one attached hydrogen (secondary N) is 1. The van der Waals surface area contributed by atoms with E-state index >= 15 is 0 Å². The lowest BCUT2D eigenvalue weighted by molar-refractivity contribution is 0.345. The van der Waals surface area contributed by atoms with Crippen LogP contribution in [0.4, 0.5) is 5.69 Å². The van der Waals surface area contributed by atoms with Gasteiger partial charge in [0.1, 0.15) is 0 Å². The summed E-state index contributed by atoms with van der Waals surface area (Å²) in [4.78, 5) is 0. The van der Waals surface area contributed by atoms with Crippen LogP contribution in [-0.2, 0) is 0 Å². The maximum Gasteiger partial charge on any atom is 0.0487 e. The fourth-order valence-electron chi connectivity index (χ4n) is 2.67. The van der Waals surface area contributed by atoms with Crippen molar-refractivity contribution in [1.29, 1.82) is 0 Å². The van der Waals surface area contributed by atoms with E-state index in [9.17, 15) is 0 Å². The van der Waals surface area contributed by atoms with Crippen LogP contribution in [0.3, 0.4) is 0 Å². The molecule has 2 rings (SSSR count). The van der Waals surface area contributed by atoms with Gasteiger partial charge in [0, 0.05) is 16.7 Å². The monoisotopic (exact) mass is 295 g/mol. The first-order valence-electron chi connectivity index (χ1n) is 6.76. The first-order valence-corrected chi connectivity index (χ1v) is 7.55. The molecule has 0 aliphatic heterocycles. The predicted octanol–water partition coefficient (Wildman–Crippen LogP) is 5.14. The fourth-order valence-corrected chi connectivity index (χ4v) is 3.08. The molecule has 0 saturated heterocycles. The highest BCUT2D eigenvalue weighted by atomic mass is 79.9. The number of aryl methyl sites for hydroxylation is 1. The lowest BCUT2D eigenvalue weighted by Gasteiger charge is -2.22. The van der Waals surface area contributed by atoms with Crippen molar-refractivity contribution in [1.82, 2.24) is 0 Å². The second-order valence-corrected chi connectivity index (χ2v) is 5.95. The van der Waals surface area contributed by atoms with Gasteiger partial charge in [-0.25, -0.2) is 0 Å². The van der Waals surface area contributed by atoms with Crippen LogP contribution in [0.1, 0.15) is 44.1 Å². The van der Waals surface area contributed by atoms with E-state index in [2.05, 4.69) is 46.4 Å². The molecule has 17 heavy (non-hydrogen) atoms. The minimum Gasteiger partial charge on any atom is -0.384 e. The van der Waals surface area contributed by atoms with E-state index in [0.29, 0.717) is 0 Å². The second-order valence-electron chi connectivity index (χ2n) is 5.16. The Hall–Kier alpha value is -0.500. The number of anilines is 1. The third kappa shape index (κ3) is 3.74. The normalized spacial score (nSPS) is 17.1. The first-order chi connectivity index (χ1) is 8.27. The molecule has 1 N–H and O–H groups in total. The third-order valence-corrected chi connectivity index (χ3v) is 4.84. The van der Waals surface area contributed by atoms with Gasteiger partial charge in [-0.1, -0.05) is 44.2 Å². The molecule has 2 heteroatoms. The molecule has 1 aromatic carbocycles. The topological polar surface area (TPSA) is 12.0 Å². The van der Waals surface area contributed by atoms with Crippen LogP contribution in [0.5, 0.6) is 0 Å². The van der Waals surface area contributed by atoms with Crippen molar-refractivity contribution in [3.8, 4) is 0 Å². The van der Waals surface area contributed by atoms with Gasteiger partial charge in [-0.15, -0.1) is 0 Å². The van der Waals surface area contributed by atoms with Crippen LogP contribution < -0.4 is 5.32 Å². The van der Waals surface area contributed by atoms with Crippen molar-refractivity contribution in [2.45, 2.75) is 45.4 Å². The Balaban J connectivity index is 1.79. The highest BCUT2D eigenvalue weighted by molar-refractivity contribution is 9.10. The molecule has 0 atom stereocenters. The molecule has 1 aromatic rings. The zero-order valence-corrected chi connectivity index (χ0v) is 12.2. The Bertz CT molecular complexity index is 356. The van der Waals surface area contributed by atoms with Gasteiger partial charge in [-0.05, 0) is 46.8 Å². The quantitative estimate of drug-likeness (QED) is 0.811. The van der Waals surface area contributed by atoms with Crippen molar-refractivity contribution in [2.24, 2.45) is 5.92 Å². The number of rotatable bonds is 4. The number of hydrogen-bond acceptors (Lipinski definition) is 1. The fraction of sp³-hybridized carbons (Fsp3) is 0.600. The summed E-state index contributed by atoms with van der Waals surface area (Å²) in [5.41, 5.74) is 2.54. The van der Waals surface area contributed by atoms with E-state index in [4.69, 9.17) is 0 Å². The van der Waals surface area contributed by atoms with Crippen LogP contribution in [0, 0.1) is 12.8 Å². The minimum atomic E-state index is 0.958. The van der Waals surface area contributed by atoms with Gasteiger partial charge in [0.25, 0.3) is 0 Å². The lowest BCUT2D eigenvalue weighted by Crippen LogP contribution is -2.12. The van der Waals surface area contributed by atoms with E-state index in [-0.39, 0.29) is 0 Å². The summed E-state index contributed by atoms with van der Waals surface area (Å²) in [5, 5.41) is 3.55. The zero-order chi connectivity index (χ0) is 12.1. The van der Waals surface area contributed by atoms with E-state index in [1.54, 1.807) is 0 Å². The van der Waals surface area contributed by atoms with Crippen molar-refractivity contribution >= 4 is 21.6 Å². The van der Waals surface area contributed by atoms with E-state index < -0.39 is 0 Å². The second kappa shape index (κ2) is 6.44. The Kier molecular flexibility index (Phi) is 4.90. The maximum atomic E-state index is 3.64. The molecule has 94 valence electrons. The molecule has 0 unspecified atom stereocenters. The number of hydrogen-bond donors (Lipinski definition) is 1. The average molecular weight is 296 g/mol. The smallest absolute Gasteiger partial charge is 0.0487 e. The van der Waals surface area contributed by atoms with Gasteiger partial charge in [0.15, 0.2) is 0 Å². The van der Waals surface area contributed by atoms with Crippen LogP contribution in [-0.4, -0.2) is 6.54 Å². The van der Waals surface area contributed by atoms with E-state index in [1.807, 2.05) is 0 Å². The van der Waals surface area contributed by atoms with Crippen molar-refractivity contribution in [3.63, 3.8) is 0 Å². The summed E-state index contributed by atoms with van der Waals surface area (Å²) >= 11 is 3.64. The molecule has 0 spiro atoms. The van der Waals surface area contributed by atoms with E-state index in [1.165, 1.54) is 54.2 Å². The molecule has 0 aromatic heterocycles. The van der Waals surface area contributed by atoms with Gasteiger partial charge in [-0.2, -0.15) is 0 Å². The van der Waals surface area contributed by atoms with Gasteiger partial charge >= 0.3 is 0 Å². The van der Waals surface area contributed by atoms with E-state index in [0.717, 1.165) is 12.5 Å². The largest absolute Gasteiger partial charge is 0.384 e. The molecule has 1 aliphatic carbocycles. The molecule has 1 saturated carbocycles. The summed E-state index contributed by atoms with van der Waals surface area (Å²) in [5.74, 6) is 0.958. The Morgan fingerprint density at radius 3 is 2.76 bits per heavy atom.